The van der Waals surface area contributed by atoms with Crippen molar-refractivity contribution in [3.8, 4) is 5.75 Å². The number of carboxylic acids is 1. The van der Waals surface area contributed by atoms with Gasteiger partial charge in [0.25, 0.3) is 0 Å². The smallest absolute Gasteiger partial charge is 0.336 e. The van der Waals surface area contributed by atoms with Crippen LogP contribution in [-0.2, 0) is 6.61 Å². The first-order chi connectivity index (χ1) is 8.56. The topological polar surface area (TPSA) is 59.4 Å². The molecule has 0 atom stereocenters. The highest BCUT2D eigenvalue weighted by Crippen LogP contribution is 2.23. The molecule has 0 aliphatic carbocycles. The number of halogens is 1. The zero-order valence-corrected chi connectivity index (χ0v) is 11.9. The minimum atomic E-state index is -0.989. The molecule has 1 heterocycles. The molecule has 2 aromatic rings. The Hall–Kier alpha value is -1.40. The van der Waals surface area contributed by atoms with Crippen LogP contribution in [0.15, 0.2) is 28.1 Å². The quantitative estimate of drug-likeness (QED) is 0.933. The van der Waals surface area contributed by atoms with Crippen LogP contribution in [0.3, 0.4) is 0 Å². The maximum absolute atomic E-state index is 11.0. The number of hydrogen-bond donors (Lipinski definition) is 1. The van der Waals surface area contributed by atoms with Crippen LogP contribution in [0.5, 0.6) is 5.75 Å². The summed E-state index contributed by atoms with van der Waals surface area (Å²) in [5.41, 5.74) is 1.14. The van der Waals surface area contributed by atoms with Gasteiger partial charge in [0, 0.05) is 15.5 Å². The lowest BCUT2D eigenvalue weighted by Crippen LogP contribution is -2.00. The molecule has 0 saturated carbocycles. The molecule has 94 valence electrons. The van der Waals surface area contributed by atoms with E-state index in [4.69, 9.17) is 9.84 Å². The van der Waals surface area contributed by atoms with Gasteiger partial charge in [0.05, 0.1) is 5.56 Å². The summed E-state index contributed by atoms with van der Waals surface area (Å²) in [5.74, 6) is -0.471. The lowest BCUT2D eigenvalue weighted by atomic mass is 10.2. The first-order valence-corrected chi connectivity index (χ1v) is 6.80. The van der Waals surface area contributed by atoms with E-state index in [2.05, 4.69) is 20.9 Å². The van der Waals surface area contributed by atoms with Crippen molar-refractivity contribution in [2.75, 3.05) is 0 Å². The van der Waals surface area contributed by atoms with E-state index >= 15 is 0 Å². The van der Waals surface area contributed by atoms with Crippen molar-refractivity contribution in [3.05, 3.63) is 44.3 Å². The van der Waals surface area contributed by atoms with Crippen LogP contribution in [-0.4, -0.2) is 16.1 Å². The first-order valence-electron chi connectivity index (χ1n) is 5.13. The normalized spacial score (nSPS) is 10.3. The van der Waals surface area contributed by atoms with E-state index in [0.29, 0.717) is 16.8 Å². The molecule has 2 rings (SSSR count). The number of rotatable bonds is 4. The highest BCUT2D eigenvalue weighted by atomic mass is 79.9. The maximum Gasteiger partial charge on any atom is 0.336 e. The van der Waals surface area contributed by atoms with Crippen LogP contribution >= 0.6 is 27.3 Å². The summed E-state index contributed by atoms with van der Waals surface area (Å²) in [7, 11) is 0. The molecule has 0 aliphatic heterocycles. The standard InChI is InChI=1S/C12H10BrNO3S/c1-7-6-18-11(14-7)5-17-8-2-3-10(13)9(4-8)12(15)16/h2-4,6H,5H2,1H3,(H,15,16). The van der Waals surface area contributed by atoms with E-state index in [1.807, 2.05) is 12.3 Å². The number of hydrogen-bond acceptors (Lipinski definition) is 4. The summed E-state index contributed by atoms with van der Waals surface area (Å²) in [5, 5.41) is 11.8. The number of thiazole rings is 1. The molecule has 0 aliphatic rings. The fourth-order valence-corrected chi connectivity index (χ4v) is 2.47. The van der Waals surface area contributed by atoms with Gasteiger partial charge in [0.2, 0.25) is 0 Å². The number of ether oxygens (including phenoxy) is 1. The zero-order valence-electron chi connectivity index (χ0n) is 9.51. The molecule has 0 spiro atoms. The number of aromatic carboxylic acids is 1. The fourth-order valence-electron chi connectivity index (χ4n) is 1.37. The van der Waals surface area contributed by atoms with Crippen molar-refractivity contribution in [2.45, 2.75) is 13.5 Å². The van der Waals surface area contributed by atoms with Gasteiger partial charge in [-0.1, -0.05) is 0 Å². The summed E-state index contributed by atoms with van der Waals surface area (Å²) < 4.78 is 6.05. The van der Waals surface area contributed by atoms with Crippen LogP contribution < -0.4 is 4.74 Å². The van der Waals surface area contributed by atoms with Gasteiger partial charge in [-0.25, -0.2) is 9.78 Å². The number of carboxylic acid groups (broad SMARTS) is 1. The molecule has 6 heteroatoms. The van der Waals surface area contributed by atoms with Crippen molar-refractivity contribution in [2.24, 2.45) is 0 Å². The second kappa shape index (κ2) is 5.49. The second-order valence-corrected chi connectivity index (χ2v) is 5.42. The summed E-state index contributed by atoms with van der Waals surface area (Å²) in [6.45, 7) is 2.27. The zero-order chi connectivity index (χ0) is 13.1. The highest BCUT2D eigenvalue weighted by Gasteiger charge is 2.10. The van der Waals surface area contributed by atoms with Crippen molar-refractivity contribution < 1.29 is 14.6 Å². The van der Waals surface area contributed by atoms with Gasteiger partial charge in [-0.15, -0.1) is 11.3 Å². The molecule has 4 nitrogen and oxygen atoms in total. The van der Waals surface area contributed by atoms with Crippen LogP contribution in [0.2, 0.25) is 0 Å². The van der Waals surface area contributed by atoms with Crippen LogP contribution in [0, 0.1) is 6.92 Å². The fraction of sp³-hybridized carbons (Fsp3) is 0.167. The minimum absolute atomic E-state index is 0.183. The van der Waals surface area contributed by atoms with Gasteiger partial charge >= 0.3 is 5.97 Å². The number of aryl methyl sites for hydroxylation is 1. The third kappa shape index (κ3) is 3.08. The van der Waals surface area contributed by atoms with Gasteiger partial charge in [-0.2, -0.15) is 0 Å². The summed E-state index contributed by atoms with van der Waals surface area (Å²) >= 11 is 4.70. The molecule has 1 aromatic heterocycles. The predicted octanol–water partition coefficient (Wildman–Crippen LogP) is 3.49. The molecule has 0 radical (unpaired) electrons. The van der Waals surface area contributed by atoms with E-state index < -0.39 is 5.97 Å². The minimum Gasteiger partial charge on any atom is -0.486 e. The number of aromatic nitrogens is 1. The van der Waals surface area contributed by atoms with E-state index in [9.17, 15) is 4.79 Å². The Labute approximate surface area is 116 Å². The van der Waals surface area contributed by atoms with E-state index in [1.165, 1.54) is 17.4 Å². The molecule has 0 bridgehead atoms. The number of benzene rings is 1. The molecule has 18 heavy (non-hydrogen) atoms. The van der Waals surface area contributed by atoms with Gasteiger partial charge in [-0.3, -0.25) is 0 Å². The molecule has 1 aromatic carbocycles. The van der Waals surface area contributed by atoms with Crippen LogP contribution in [0.25, 0.3) is 0 Å². The van der Waals surface area contributed by atoms with Gasteiger partial charge in [-0.05, 0) is 41.1 Å². The monoisotopic (exact) mass is 327 g/mol. The largest absolute Gasteiger partial charge is 0.486 e. The third-order valence-electron chi connectivity index (χ3n) is 2.20. The second-order valence-electron chi connectivity index (χ2n) is 3.62. The average Bonchev–Trinajstić information content (AvgIpc) is 2.74. The SMILES string of the molecule is Cc1csc(COc2ccc(Br)c(C(=O)O)c2)n1. The Morgan fingerprint density at radius 3 is 2.94 bits per heavy atom. The molecule has 0 unspecified atom stereocenters. The molecule has 1 N–H and O–H groups in total. The van der Waals surface area contributed by atoms with Gasteiger partial charge in [0.1, 0.15) is 17.4 Å². The van der Waals surface area contributed by atoms with Crippen LogP contribution in [0.4, 0.5) is 0 Å². The molecular weight excluding hydrogens is 318 g/mol. The van der Waals surface area contributed by atoms with Crippen molar-refractivity contribution >= 4 is 33.2 Å². The Morgan fingerprint density at radius 2 is 2.33 bits per heavy atom. The lowest BCUT2D eigenvalue weighted by molar-refractivity contribution is 0.0695. The maximum atomic E-state index is 11.0. The predicted molar refractivity (Wildman–Crippen MR) is 72.3 cm³/mol. The number of carbonyl (C=O) groups is 1. The van der Waals surface area contributed by atoms with E-state index in [1.54, 1.807) is 12.1 Å². The van der Waals surface area contributed by atoms with Crippen molar-refractivity contribution in [3.63, 3.8) is 0 Å². The molecule has 0 saturated heterocycles. The van der Waals surface area contributed by atoms with Crippen LogP contribution in [0.1, 0.15) is 21.1 Å². The Morgan fingerprint density at radius 1 is 1.56 bits per heavy atom. The average molecular weight is 328 g/mol. The van der Waals surface area contributed by atoms with E-state index in [-0.39, 0.29) is 5.56 Å². The third-order valence-corrected chi connectivity index (χ3v) is 3.83. The lowest BCUT2D eigenvalue weighted by Gasteiger charge is -2.06. The number of nitrogens with zero attached hydrogens (tertiary/aromatic N) is 1. The Kier molecular flexibility index (Phi) is 3.98. The Bertz CT molecular complexity index is 582. The first kappa shape index (κ1) is 13.0. The van der Waals surface area contributed by atoms with Gasteiger partial charge in [0.15, 0.2) is 0 Å². The molecule has 0 amide bonds. The van der Waals surface area contributed by atoms with Crippen molar-refractivity contribution in [1.29, 1.82) is 0 Å². The van der Waals surface area contributed by atoms with Gasteiger partial charge < -0.3 is 9.84 Å². The summed E-state index contributed by atoms with van der Waals surface area (Å²) in [4.78, 5) is 15.2. The van der Waals surface area contributed by atoms with E-state index in [0.717, 1.165) is 10.7 Å². The van der Waals surface area contributed by atoms with Crippen molar-refractivity contribution in [1.82, 2.24) is 4.98 Å². The summed E-state index contributed by atoms with van der Waals surface area (Å²) in [6, 6.07) is 4.87. The summed E-state index contributed by atoms with van der Waals surface area (Å²) in [6.07, 6.45) is 0. The highest BCUT2D eigenvalue weighted by molar-refractivity contribution is 9.10. The Balaban J connectivity index is 2.10. The molecular formula is C12H10BrNO3S. The molecule has 0 fully saturated rings.